The first-order valence-electron chi connectivity index (χ1n) is 11.2. The summed E-state index contributed by atoms with van der Waals surface area (Å²) in [7, 11) is 0. The zero-order chi connectivity index (χ0) is 22.5. The van der Waals surface area contributed by atoms with Gasteiger partial charge in [-0.2, -0.15) is 0 Å². The number of nitrogens with one attached hydrogen (secondary N) is 1. The Morgan fingerprint density at radius 2 is 1.58 bits per heavy atom. The van der Waals surface area contributed by atoms with Crippen LogP contribution in [0.2, 0.25) is 5.02 Å². The Hall–Kier alpha value is -1.83. The summed E-state index contributed by atoms with van der Waals surface area (Å²) in [6, 6.07) is 6.76. The summed E-state index contributed by atoms with van der Waals surface area (Å²) in [5, 5.41) is 3.55. The van der Waals surface area contributed by atoms with Gasteiger partial charge in [0.15, 0.2) is 0 Å². The van der Waals surface area contributed by atoms with Crippen molar-refractivity contribution in [2.45, 2.75) is 52.4 Å². The van der Waals surface area contributed by atoms with Crippen molar-refractivity contribution in [3.8, 4) is 0 Å². The molecule has 8 heteroatoms. The molecule has 1 aromatic rings. The second kappa shape index (κ2) is 10.7. The molecule has 0 aliphatic carbocycles. The van der Waals surface area contributed by atoms with E-state index >= 15 is 0 Å². The Morgan fingerprint density at radius 3 is 2.19 bits per heavy atom. The summed E-state index contributed by atoms with van der Waals surface area (Å²) in [5.74, 6) is 0.369. The van der Waals surface area contributed by atoms with Gasteiger partial charge in [0.25, 0.3) is 0 Å². The highest BCUT2D eigenvalue weighted by Gasteiger charge is 2.37. The van der Waals surface area contributed by atoms with Gasteiger partial charge in [-0.1, -0.05) is 25.4 Å². The van der Waals surface area contributed by atoms with Crippen molar-refractivity contribution in [3.63, 3.8) is 0 Å². The molecule has 0 radical (unpaired) electrons. The third-order valence-electron chi connectivity index (χ3n) is 5.92. The molecule has 3 unspecified atom stereocenters. The fourth-order valence-electron chi connectivity index (χ4n) is 4.57. The molecule has 3 amide bonds. The smallest absolute Gasteiger partial charge is 0.321 e. The topological polar surface area (TPSA) is 65.1 Å². The molecular formula is C23H35ClN4O3. The first-order chi connectivity index (χ1) is 14.7. The molecule has 0 saturated carbocycles. The van der Waals surface area contributed by atoms with Crippen LogP contribution in [-0.4, -0.2) is 84.2 Å². The third kappa shape index (κ3) is 6.34. The van der Waals surface area contributed by atoms with Crippen LogP contribution in [0.25, 0.3) is 0 Å². The molecule has 3 atom stereocenters. The van der Waals surface area contributed by atoms with Crippen molar-refractivity contribution in [3.05, 3.63) is 29.3 Å². The number of morpholine rings is 1. The molecule has 172 valence electrons. The molecule has 2 heterocycles. The van der Waals surface area contributed by atoms with E-state index in [9.17, 15) is 9.59 Å². The zero-order valence-electron chi connectivity index (χ0n) is 19.0. The quantitative estimate of drug-likeness (QED) is 0.762. The monoisotopic (exact) mass is 450 g/mol. The van der Waals surface area contributed by atoms with Crippen molar-refractivity contribution >= 4 is 29.2 Å². The van der Waals surface area contributed by atoms with E-state index < -0.39 is 0 Å². The van der Waals surface area contributed by atoms with E-state index in [0.717, 1.165) is 19.5 Å². The van der Waals surface area contributed by atoms with Gasteiger partial charge in [0, 0.05) is 50.0 Å². The number of benzene rings is 1. The minimum Gasteiger partial charge on any atom is -0.373 e. The number of halogens is 1. The Kier molecular flexibility index (Phi) is 8.19. The maximum Gasteiger partial charge on any atom is 0.321 e. The number of carbonyl (C=O) groups is 2. The number of amides is 3. The fraction of sp³-hybridized carbons (Fsp3) is 0.652. The molecule has 2 saturated heterocycles. The molecule has 0 bridgehead atoms. The number of hydrogen-bond donors (Lipinski definition) is 1. The second-order valence-corrected chi connectivity index (χ2v) is 9.44. The highest BCUT2D eigenvalue weighted by atomic mass is 35.5. The average molecular weight is 451 g/mol. The molecule has 31 heavy (non-hydrogen) atoms. The lowest BCUT2D eigenvalue weighted by Gasteiger charge is -2.42. The molecule has 1 N–H and O–H groups in total. The zero-order valence-corrected chi connectivity index (χ0v) is 19.8. The molecule has 7 nitrogen and oxygen atoms in total. The van der Waals surface area contributed by atoms with Crippen LogP contribution < -0.4 is 5.32 Å². The highest BCUT2D eigenvalue weighted by Crippen LogP contribution is 2.21. The fourth-order valence-corrected chi connectivity index (χ4v) is 4.70. The third-order valence-corrected chi connectivity index (χ3v) is 6.17. The maximum absolute atomic E-state index is 13.5. The summed E-state index contributed by atoms with van der Waals surface area (Å²) >= 11 is 5.91. The largest absolute Gasteiger partial charge is 0.373 e. The Labute approximate surface area is 190 Å². The first kappa shape index (κ1) is 23.8. The van der Waals surface area contributed by atoms with Crippen molar-refractivity contribution in [2.75, 3.05) is 44.6 Å². The molecule has 1 aromatic carbocycles. The van der Waals surface area contributed by atoms with Gasteiger partial charge < -0.3 is 19.9 Å². The van der Waals surface area contributed by atoms with Crippen LogP contribution in [0, 0.1) is 5.92 Å². The van der Waals surface area contributed by atoms with Gasteiger partial charge in [-0.25, -0.2) is 4.79 Å². The van der Waals surface area contributed by atoms with Crippen molar-refractivity contribution in [1.82, 2.24) is 14.7 Å². The number of carbonyl (C=O) groups excluding carboxylic acids is 2. The molecule has 2 aliphatic heterocycles. The van der Waals surface area contributed by atoms with Gasteiger partial charge in [-0.05, 0) is 50.5 Å². The minimum absolute atomic E-state index is 0.119. The van der Waals surface area contributed by atoms with Crippen LogP contribution in [0.3, 0.4) is 0 Å². The van der Waals surface area contributed by atoms with E-state index in [1.165, 1.54) is 0 Å². The lowest BCUT2D eigenvalue weighted by Crippen LogP contribution is -2.58. The molecule has 2 fully saturated rings. The van der Waals surface area contributed by atoms with Crippen LogP contribution >= 0.6 is 11.6 Å². The van der Waals surface area contributed by atoms with Gasteiger partial charge in [0.05, 0.1) is 18.2 Å². The normalized spacial score (nSPS) is 24.1. The van der Waals surface area contributed by atoms with Gasteiger partial charge in [0.1, 0.15) is 0 Å². The van der Waals surface area contributed by atoms with Crippen LogP contribution in [-0.2, 0) is 9.53 Å². The number of hydrogen-bond acceptors (Lipinski definition) is 4. The lowest BCUT2D eigenvalue weighted by molar-refractivity contribution is -0.145. The van der Waals surface area contributed by atoms with Crippen molar-refractivity contribution in [1.29, 1.82) is 0 Å². The summed E-state index contributed by atoms with van der Waals surface area (Å²) in [6.07, 6.45) is 1.00. The Bertz CT molecular complexity index is 748. The van der Waals surface area contributed by atoms with Gasteiger partial charge in [-0.3, -0.25) is 9.69 Å². The van der Waals surface area contributed by atoms with Crippen LogP contribution in [0.15, 0.2) is 24.3 Å². The maximum atomic E-state index is 13.5. The number of anilines is 1. The number of urea groups is 1. The Balaban J connectivity index is 1.61. The number of ether oxygens (including phenoxy) is 1. The van der Waals surface area contributed by atoms with Gasteiger partial charge >= 0.3 is 6.03 Å². The van der Waals surface area contributed by atoms with E-state index in [-0.39, 0.29) is 36.1 Å². The summed E-state index contributed by atoms with van der Waals surface area (Å²) in [4.78, 5) is 32.2. The molecule has 2 aliphatic rings. The van der Waals surface area contributed by atoms with Gasteiger partial charge in [0.2, 0.25) is 5.91 Å². The predicted molar refractivity (Wildman–Crippen MR) is 123 cm³/mol. The lowest BCUT2D eigenvalue weighted by atomic mass is 9.99. The molecular weight excluding hydrogens is 416 g/mol. The molecule has 0 aromatic heterocycles. The van der Waals surface area contributed by atoms with Crippen LogP contribution in [0.4, 0.5) is 10.5 Å². The molecule has 0 spiro atoms. The second-order valence-electron chi connectivity index (χ2n) is 9.00. The van der Waals surface area contributed by atoms with Crippen LogP contribution in [0.1, 0.15) is 34.1 Å². The van der Waals surface area contributed by atoms with Crippen molar-refractivity contribution < 1.29 is 14.3 Å². The van der Waals surface area contributed by atoms with E-state index in [1.54, 1.807) is 29.2 Å². The number of rotatable bonds is 4. The average Bonchev–Trinajstić information content (AvgIpc) is 2.95. The Morgan fingerprint density at radius 1 is 1.00 bits per heavy atom. The van der Waals surface area contributed by atoms with E-state index in [4.69, 9.17) is 16.3 Å². The SMILES string of the molecule is CC1CN(C(C(=O)N2CCCN(C(=O)Nc3ccc(Cl)cc3)CC2)C(C)C)CC(C)O1. The van der Waals surface area contributed by atoms with E-state index in [2.05, 4.69) is 37.9 Å². The predicted octanol–water partition coefficient (Wildman–Crippen LogP) is 3.54. The minimum atomic E-state index is -0.164. The summed E-state index contributed by atoms with van der Waals surface area (Å²) < 4.78 is 5.86. The first-order valence-corrected chi connectivity index (χ1v) is 11.6. The van der Waals surface area contributed by atoms with Crippen molar-refractivity contribution in [2.24, 2.45) is 5.92 Å². The standard InChI is InChI=1S/C23H35ClN4O3/c1-16(2)21(28-14-17(3)31-18(4)15-28)22(29)26-10-5-11-27(13-12-26)23(30)25-20-8-6-19(24)7-9-20/h6-9,16-18,21H,5,10-15H2,1-4H3,(H,25,30). The van der Waals surface area contributed by atoms with E-state index in [0.29, 0.717) is 36.9 Å². The van der Waals surface area contributed by atoms with Crippen LogP contribution in [0.5, 0.6) is 0 Å². The molecule has 3 rings (SSSR count). The number of nitrogens with zero attached hydrogens (tertiary/aromatic N) is 3. The highest BCUT2D eigenvalue weighted by molar-refractivity contribution is 6.30. The summed E-state index contributed by atoms with van der Waals surface area (Å²) in [6.45, 7) is 12.2. The van der Waals surface area contributed by atoms with Gasteiger partial charge in [-0.15, -0.1) is 0 Å². The van der Waals surface area contributed by atoms with E-state index in [1.807, 2.05) is 4.90 Å². The summed E-state index contributed by atoms with van der Waals surface area (Å²) in [5.41, 5.74) is 0.710.